The van der Waals surface area contributed by atoms with Crippen LogP contribution in [0.5, 0.6) is 0 Å². The third-order valence-electron chi connectivity index (χ3n) is 2.99. The molecule has 2 aromatic carbocycles. The molecular formula is C14H13ClF2N2. The van der Waals surface area contributed by atoms with Crippen LogP contribution < -0.4 is 11.3 Å². The minimum Gasteiger partial charge on any atom is -0.271 e. The Morgan fingerprint density at radius 1 is 1.05 bits per heavy atom. The lowest BCUT2D eigenvalue weighted by Crippen LogP contribution is -2.29. The van der Waals surface area contributed by atoms with E-state index in [1.807, 2.05) is 6.92 Å². The van der Waals surface area contributed by atoms with Gasteiger partial charge in [0.25, 0.3) is 0 Å². The van der Waals surface area contributed by atoms with Crippen LogP contribution in [0.3, 0.4) is 0 Å². The maximum absolute atomic E-state index is 13.4. The van der Waals surface area contributed by atoms with Crippen LogP contribution in [-0.4, -0.2) is 0 Å². The van der Waals surface area contributed by atoms with Crippen LogP contribution in [0.4, 0.5) is 8.78 Å². The van der Waals surface area contributed by atoms with Gasteiger partial charge in [0.05, 0.1) is 6.04 Å². The molecule has 5 heteroatoms. The van der Waals surface area contributed by atoms with Crippen LogP contribution in [0, 0.1) is 18.6 Å². The maximum atomic E-state index is 13.4. The van der Waals surface area contributed by atoms with Gasteiger partial charge in [0.2, 0.25) is 0 Å². The SMILES string of the molecule is Cc1ccc(F)cc1C(NN)c1cc(F)ccc1Cl. The predicted octanol–water partition coefficient (Wildman–Crippen LogP) is 3.48. The highest BCUT2D eigenvalue weighted by atomic mass is 35.5. The van der Waals surface area contributed by atoms with Gasteiger partial charge in [-0.05, 0) is 53.9 Å². The number of hydrazine groups is 1. The quantitative estimate of drug-likeness (QED) is 0.668. The highest BCUT2D eigenvalue weighted by Gasteiger charge is 2.18. The van der Waals surface area contributed by atoms with E-state index in [2.05, 4.69) is 5.43 Å². The topological polar surface area (TPSA) is 38.0 Å². The molecule has 0 spiro atoms. The largest absolute Gasteiger partial charge is 0.271 e. The predicted molar refractivity (Wildman–Crippen MR) is 71.7 cm³/mol. The van der Waals surface area contributed by atoms with Gasteiger partial charge in [-0.15, -0.1) is 0 Å². The van der Waals surface area contributed by atoms with Crippen LogP contribution in [-0.2, 0) is 0 Å². The van der Waals surface area contributed by atoms with Gasteiger partial charge in [0.1, 0.15) is 11.6 Å². The van der Waals surface area contributed by atoms with Crippen molar-refractivity contribution in [1.82, 2.24) is 5.43 Å². The molecule has 3 N–H and O–H groups in total. The molecule has 2 rings (SSSR count). The Morgan fingerprint density at radius 3 is 2.26 bits per heavy atom. The molecule has 0 aromatic heterocycles. The van der Waals surface area contributed by atoms with E-state index in [-0.39, 0.29) is 5.82 Å². The number of nitrogens with one attached hydrogen (secondary N) is 1. The fourth-order valence-electron chi connectivity index (χ4n) is 2.01. The fraction of sp³-hybridized carbons (Fsp3) is 0.143. The number of rotatable bonds is 3. The van der Waals surface area contributed by atoms with Crippen molar-refractivity contribution in [3.8, 4) is 0 Å². The van der Waals surface area contributed by atoms with Crippen molar-refractivity contribution >= 4 is 11.6 Å². The van der Waals surface area contributed by atoms with E-state index in [1.54, 1.807) is 6.07 Å². The van der Waals surface area contributed by atoms with E-state index in [0.717, 1.165) is 5.56 Å². The molecule has 0 saturated heterocycles. The number of benzene rings is 2. The average Bonchev–Trinajstić information content (AvgIpc) is 2.38. The standard InChI is InChI=1S/C14H13ClF2N2/c1-8-2-3-9(16)6-11(8)14(19-18)12-7-10(17)4-5-13(12)15/h2-7,14,19H,18H2,1H3. The summed E-state index contributed by atoms with van der Waals surface area (Å²) in [5.74, 6) is 4.72. The van der Waals surface area contributed by atoms with Gasteiger partial charge >= 0.3 is 0 Å². The molecule has 0 aliphatic carbocycles. The summed E-state index contributed by atoms with van der Waals surface area (Å²) >= 11 is 6.06. The van der Waals surface area contributed by atoms with Crippen LogP contribution in [0.1, 0.15) is 22.7 Å². The van der Waals surface area contributed by atoms with E-state index in [1.165, 1.54) is 30.3 Å². The summed E-state index contributed by atoms with van der Waals surface area (Å²) < 4.78 is 26.7. The number of hydrogen-bond donors (Lipinski definition) is 2. The molecule has 0 radical (unpaired) electrons. The van der Waals surface area contributed by atoms with Crippen molar-refractivity contribution in [1.29, 1.82) is 0 Å². The molecule has 0 bridgehead atoms. The van der Waals surface area contributed by atoms with E-state index in [0.29, 0.717) is 16.1 Å². The highest BCUT2D eigenvalue weighted by molar-refractivity contribution is 6.31. The zero-order valence-electron chi connectivity index (χ0n) is 10.3. The molecule has 2 nitrogen and oxygen atoms in total. The molecule has 0 heterocycles. The summed E-state index contributed by atoms with van der Waals surface area (Å²) in [6, 6.07) is 7.79. The van der Waals surface area contributed by atoms with E-state index >= 15 is 0 Å². The highest BCUT2D eigenvalue weighted by Crippen LogP contribution is 2.30. The number of nitrogens with two attached hydrogens (primary N) is 1. The zero-order chi connectivity index (χ0) is 14.0. The average molecular weight is 283 g/mol. The van der Waals surface area contributed by atoms with Gasteiger partial charge in [-0.3, -0.25) is 5.84 Å². The molecular weight excluding hydrogens is 270 g/mol. The maximum Gasteiger partial charge on any atom is 0.123 e. The summed E-state index contributed by atoms with van der Waals surface area (Å²) in [4.78, 5) is 0. The van der Waals surface area contributed by atoms with E-state index < -0.39 is 11.9 Å². The summed E-state index contributed by atoms with van der Waals surface area (Å²) in [5.41, 5.74) is 4.48. The monoisotopic (exact) mass is 282 g/mol. The Kier molecular flexibility index (Phi) is 4.14. The molecule has 1 atom stereocenters. The van der Waals surface area contributed by atoms with Gasteiger partial charge < -0.3 is 0 Å². The van der Waals surface area contributed by atoms with Gasteiger partial charge in [0, 0.05) is 5.02 Å². The van der Waals surface area contributed by atoms with Crippen LogP contribution in [0.15, 0.2) is 36.4 Å². The Balaban J connectivity index is 2.55. The molecule has 0 aliphatic heterocycles. The molecule has 2 aromatic rings. The second kappa shape index (κ2) is 5.65. The number of aryl methyl sites for hydroxylation is 1. The van der Waals surface area contributed by atoms with Gasteiger partial charge in [-0.2, -0.15) is 0 Å². The summed E-state index contributed by atoms with van der Waals surface area (Å²) in [6.07, 6.45) is 0. The molecule has 0 aliphatic rings. The van der Waals surface area contributed by atoms with E-state index in [4.69, 9.17) is 17.4 Å². The lowest BCUT2D eigenvalue weighted by molar-refractivity contribution is 0.593. The smallest absolute Gasteiger partial charge is 0.123 e. The van der Waals surface area contributed by atoms with Gasteiger partial charge in [-0.25, -0.2) is 14.2 Å². The summed E-state index contributed by atoms with van der Waals surface area (Å²) in [5, 5.41) is 0.369. The fourth-order valence-corrected chi connectivity index (χ4v) is 2.23. The van der Waals surface area contributed by atoms with Crippen molar-refractivity contribution in [3.63, 3.8) is 0 Å². The lowest BCUT2D eigenvalue weighted by Gasteiger charge is -2.20. The molecule has 0 amide bonds. The molecule has 19 heavy (non-hydrogen) atoms. The Labute approximate surface area is 115 Å². The lowest BCUT2D eigenvalue weighted by atomic mass is 9.95. The minimum absolute atomic E-state index is 0.369. The van der Waals surface area contributed by atoms with Crippen molar-refractivity contribution in [2.45, 2.75) is 13.0 Å². The Hall–Kier alpha value is -1.49. The van der Waals surface area contributed by atoms with Crippen LogP contribution in [0.25, 0.3) is 0 Å². The summed E-state index contributed by atoms with van der Waals surface area (Å²) in [6.45, 7) is 1.83. The third-order valence-corrected chi connectivity index (χ3v) is 3.33. The first-order valence-electron chi connectivity index (χ1n) is 5.70. The zero-order valence-corrected chi connectivity index (χ0v) is 11.0. The molecule has 1 unspecified atom stereocenters. The van der Waals surface area contributed by atoms with Crippen LogP contribution in [0.2, 0.25) is 5.02 Å². The van der Waals surface area contributed by atoms with Crippen LogP contribution >= 0.6 is 11.6 Å². The first-order chi connectivity index (χ1) is 9.02. The third kappa shape index (κ3) is 2.92. The second-order valence-electron chi connectivity index (χ2n) is 4.27. The van der Waals surface area contributed by atoms with Gasteiger partial charge in [0.15, 0.2) is 0 Å². The minimum atomic E-state index is -0.570. The van der Waals surface area contributed by atoms with Crippen molar-refractivity contribution in [3.05, 3.63) is 69.7 Å². The number of hydrogen-bond acceptors (Lipinski definition) is 2. The van der Waals surface area contributed by atoms with E-state index in [9.17, 15) is 8.78 Å². The molecule has 100 valence electrons. The van der Waals surface area contributed by atoms with Gasteiger partial charge in [-0.1, -0.05) is 17.7 Å². The normalized spacial score (nSPS) is 12.5. The van der Waals surface area contributed by atoms with Crippen molar-refractivity contribution in [2.75, 3.05) is 0 Å². The Morgan fingerprint density at radius 2 is 1.63 bits per heavy atom. The second-order valence-corrected chi connectivity index (χ2v) is 4.67. The van der Waals surface area contributed by atoms with Crippen molar-refractivity contribution in [2.24, 2.45) is 5.84 Å². The molecule has 0 fully saturated rings. The first-order valence-corrected chi connectivity index (χ1v) is 6.08. The molecule has 0 saturated carbocycles. The Bertz CT molecular complexity index is 550. The number of halogens is 3. The van der Waals surface area contributed by atoms with Crippen molar-refractivity contribution < 1.29 is 8.78 Å². The first kappa shape index (κ1) is 13.9. The summed E-state index contributed by atoms with van der Waals surface area (Å²) in [7, 11) is 0.